The maximum atomic E-state index is 10.3. The van der Waals surface area contributed by atoms with Crippen molar-refractivity contribution in [2.75, 3.05) is 68.0 Å². The molecular formula is C28H35N7O2. The highest BCUT2D eigenvalue weighted by Crippen LogP contribution is 2.39. The van der Waals surface area contributed by atoms with Crippen molar-refractivity contribution in [3.8, 4) is 22.8 Å². The number of piperazine rings is 2. The van der Waals surface area contributed by atoms with E-state index in [4.69, 9.17) is 10.5 Å². The molecule has 0 amide bonds. The molecule has 9 nitrogen and oxygen atoms in total. The van der Waals surface area contributed by atoms with Crippen molar-refractivity contribution >= 4 is 17.2 Å². The fourth-order valence-electron chi connectivity index (χ4n) is 5.95. The Morgan fingerprint density at radius 2 is 1.76 bits per heavy atom. The van der Waals surface area contributed by atoms with Gasteiger partial charge >= 0.3 is 0 Å². The Bertz CT molecular complexity index is 1220. The van der Waals surface area contributed by atoms with Gasteiger partial charge in [0.05, 0.1) is 11.4 Å². The molecule has 37 heavy (non-hydrogen) atoms. The molecule has 2 bridgehead atoms. The second kappa shape index (κ2) is 10.4. The highest BCUT2D eigenvalue weighted by atomic mass is 16.5. The van der Waals surface area contributed by atoms with Crippen LogP contribution in [-0.4, -0.2) is 84.7 Å². The fraction of sp³-hybridized carbons (Fsp3) is 0.429. The fourth-order valence-corrected chi connectivity index (χ4v) is 5.95. The van der Waals surface area contributed by atoms with Crippen LogP contribution in [0.2, 0.25) is 0 Å². The van der Waals surface area contributed by atoms with Crippen LogP contribution in [0.5, 0.6) is 11.5 Å². The van der Waals surface area contributed by atoms with Gasteiger partial charge in [0, 0.05) is 75.2 Å². The predicted octanol–water partition coefficient (Wildman–Crippen LogP) is 2.57. The molecule has 4 heterocycles. The van der Waals surface area contributed by atoms with E-state index in [9.17, 15) is 5.11 Å². The third-order valence-electron chi connectivity index (χ3n) is 7.81. The molecule has 2 aromatic carbocycles. The number of fused-ring (bicyclic) bond motifs is 2. The molecule has 2 unspecified atom stereocenters. The van der Waals surface area contributed by atoms with Gasteiger partial charge in [-0.25, -0.2) is 0 Å². The van der Waals surface area contributed by atoms with Gasteiger partial charge < -0.3 is 30.7 Å². The van der Waals surface area contributed by atoms with Crippen LogP contribution in [0.15, 0.2) is 54.6 Å². The number of para-hydroxylation sites is 1. The van der Waals surface area contributed by atoms with Gasteiger partial charge in [-0.2, -0.15) is 0 Å². The molecule has 6 rings (SSSR count). The second-order valence-corrected chi connectivity index (χ2v) is 10.2. The molecule has 0 radical (unpaired) electrons. The van der Waals surface area contributed by atoms with Gasteiger partial charge in [-0.1, -0.05) is 18.2 Å². The number of phenolic OH excluding ortho intramolecular Hbond substituents is 1. The van der Waals surface area contributed by atoms with Crippen LogP contribution in [-0.2, 0) is 0 Å². The molecule has 0 saturated carbocycles. The maximum absolute atomic E-state index is 10.3. The van der Waals surface area contributed by atoms with E-state index >= 15 is 0 Å². The largest absolute Gasteiger partial charge is 0.507 e. The SMILES string of the molecule is Nc1nnc(-c2ccccc2O)cc1N1CC2CCC(C1)N2c1cccc(OCCN2CCNCC2)c1. The van der Waals surface area contributed by atoms with E-state index in [0.717, 1.165) is 70.1 Å². The Labute approximate surface area is 217 Å². The molecular weight excluding hydrogens is 466 g/mol. The number of hydrogen-bond acceptors (Lipinski definition) is 9. The average molecular weight is 502 g/mol. The quantitative estimate of drug-likeness (QED) is 0.451. The zero-order valence-corrected chi connectivity index (χ0v) is 21.1. The summed E-state index contributed by atoms with van der Waals surface area (Å²) >= 11 is 0. The van der Waals surface area contributed by atoms with E-state index in [2.05, 4.69) is 54.5 Å². The van der Waals surface area contributed by atoms with Crippen molar-refractivity contribution < 1.29 is 9.84 Å². The lowest BCUT2D eigenvalue weighted by Crippen LogP contribution is -2.54. The van der Waals surface area contributed by atoms with Crippen LogP contribution in [0.4, 0.5) is 17.2 Å². The highest BCUT2D eigenvalue weighted by Gasteiger charge is 2.40. The van der Waals surface area contributed by atoms with Crippen molar-refractivity contribution in [2.24, 2.45) is 0 Å². The smallest absolute Gasteiger partial charge is 0.169 e. The van der Waals surface area contributed by atoms with Gasteiger partial charge in [0.1, 0.15) is 18.1 Å². The Hall–Kier alpha value is -3.56. The average Bonchev–Trinajstić information content (AvgIpc) is 3.19. The molecule has 194 valence electrons. The van der Waals surface area contributed by atoms with E-state index < -0.39 is 0 Å². The number of nitrogens with one attached hydrogen (secondary N) is 1. The van der Waals surface area contributed by atoms with Crippen molar-refractivity contribution in [3.05, 3.63) is 54.6 Å². The Balaban J connectivity index is 1.15. The van der Waals surface area contributed by atoms with E-state index in [1.54, 1.807) is 12.1 Å². The molecule has 0 spiro atoms. The topological polar surface area (TPSA) is 103 Å². The molecule has 0 aliphatic carbocycles. The van der Waals surface area contributed by atoms with Crippen LogP contribution < -0.4 is 25.6 Å². The number of phenols is 1. The summed E-state index contributed by atoms with van der Waals surface area (Å²) in [5.41, 5.74) is 9.69. The number of aromatic hydroxyl groups is 1. The standard InChI is InChI=1S/C28H35N7O2/c29-28-26(17-25(31-32-28)24-6-1-2-7-27(24)36)34-18-21-8-9-22(19-34)35(21)20-4-3-5-23(16-20)37-15-14-33-12-10-30-11-13-33/h1-7,16-17,21-22,30,36H,8-15,18-19H2,(H2,29,32). The minimum absolute atomic E-state index is 0.187. The Morgan fingerprint density at radius 3 is 2.54 bits per heavy atom. The molecule has 4 N–H and O–H groups in total. The van der Waals surface area contributed by atoms with Crippen molar-refractivity contribution in [3.63, 3.8) is 0 Å². The highest BCUT2D eigenvalue weighted by molar-refractivity contribution is 5.74. The minimum atomic E-state index is 0.187. The van der Waals surface area contributed by atoms with Crippen molar-refractivity contribution in [1.82, 2.24) is 20.4 Å². The maximum Gasteiger partial charge on any atom is 0.169 e. The van der Waals surface area contributed by atoms with Crippen LogP contribution in [0, 0.1) is 0 Å². The zero-order chi connectivity index (χ0) is 25.2. The first-order valence-electron chi connectivity index (χ1n) is 13.3. The molecule has 3 saturated heterocycles. The summed E-state index contributed by atoms with van der Waals surface area (Å²) in [7, 11) is 0. The third-order valence-corrected chi connectivity index (χ3v) is 7.81. The van der Waals surface area contributed by atoms with Crippen LogP contribution in [0.1, 0.15) is 12.8 Å². The molecule has 9 heteroatoms. The summed E-state index contributed by atoms with van der Waals surface area (Å²) in [5, 5.41) is 22.2. The normalized spacial score (nSPS) is 21.8. The Morgan fingerprint density at radius 1 is 0.973 bits per heavy atom. The summed E-state index contributed by atoms with van der Waals surface area (Å²) in [6.45, 7) is 7.67. The number of anilines is 3. The zero-order valence-electron chi connectivity index (χ0n) is 21.1. The lowest BCUT2D eigenvalue weighted by Gasteiger charge is -2.43. The van der Waals surface area contributed by atoms with Gasteiger partial charge in [-0.05, 0) is 43.2 Å². The first-order valence-corrected chi connectivity index (χ1v) is 13.3. The summed E-state index contributed by atoms with van der Waals surface area (Å²) in [6, 6.07) is 18.5. The predicted molar refractivity (Wildman–Crippen MR) is 146 cm³/mol. The number of benzene rings is 2. The minimum Gasteiger partial charge on any atom is -0.507 e. The molecule has 3 aliphatic heterocycles. The number of rotatable bonds is 7. The second-order valence-electron chi connectivity index (χ2n) is 10.2. The monoisotopic (exact) mass is 501 g/mol. The van der Waals surface area contributed by atoms with E-state index in [1.807, 2.05) is 18.2 Å². The van der Waals surface area contributed by atoms with E-state index in [-0.39, 0.29) is 5.75 Å². The van der Waals surface area contributed by atoms with Gasteiger partial charge in [0.15, 0.2) is 5.82 Å². The summed E-state index contributed by atoms with van der Waals surface area (Å²) in [4.78, 5) is 7.35. The molecule has 2 atom stereocenters. The number of aromatic nitrogens is 2. The summed E-state index contributed by atoms with van der Waals surface area (Å²) in [5.74, 6) is 1.55. The molecule has 1 aromatic heterocycles. The first-order chi connectivity index (χ1) is 18.2. The lowest BCUT2D eigenvalue weighted by molar-refractivity contribution is 0.191. The van der Waals surface area contributed by atoms with Gasteiger partial charge in [0.25, 0.3) is 0 Å². The number of nitrogens with two attached hydrogens (primary N) is 1. The van der Waals surface area contributed by atoms with Crippen LogP contribution in [0.3, 0.4) is 0 Å². The van der Waals surface area contributed by atoms with Crippen molar-refractivity contribution in [2.45, 2.75) is 24.9 Å². The summed E-state index contributed by atoms with van der Waals surface area (Å²) in [6.07, 6.45) is 2.28. The Kier molecular flexibility index (Phi) is 6.72. The summed E-state index contributed by atoms with van der Waals surface area (Å²) < 4.78 is 6.15. The molecule has 3 aliphatic rings. The number of hydrogen-bond donors (Lipinski definition) is 3. The number of nitrogens with zero attached hydrogens (tertiary/aromatic N) is 5. The third kappa shape index (κ3) is 5.01. The van der Waals surface area contributed by atoms with Gasteiger partial charge in [-0.3, -0.25) is 4.90 Å². The molecule has 3 aromatic rings. The van der Waals surface area contributed by atoms with Crippen LogP contribution >= 0.6 is 0 Å². The van der Waals surface area contributed by atoms with E-state index in [1.165, 1.54) is 5.69 Å². The van der Waals surface area contributed by atoms with Crippen molar-refractivity contribution in [1.29, 1.82) is 0 Å². The van der Waals surface area contributed by atoms with Crippen LogP contribution in [0.25, 0.3) is 11.3 Å². The van der Waals surface area contributed by atoms with E-state index in [0.29, 0.717) is 35.8 Å². The molecule has 3 fully saturated rings. The number of ether oxygens (including phenoxy) is 1. The van der Waals surface area contributed by atoms with Gasteiger partial charge in [0.2, 0.25) is 0 Å². The van der Waals surface area contributed by atoms with Gasteiger partial charge in [-0.15, -0.1) is 10.2 Å². The lowest BCUT2D eigenvalue weighted by atomic mass is 10.1. The first kappa shape index (κ1) is 23.8. The number of nitrogen functional groups attached to an aromatic ring is 1.